The number of piperidine rings is 1. The van der Waals surface area contributed by atoms with Gasteiger partial charge >= 0.3 is 0 Å². The second-order valence-electron chi connectivity index (χ2n) is 6.86. The third-order valence-corrected chi connectivity index (χ3v) is 5.28. The molecule has 0 spiro atoms. The standard InChI is InChI=1S/C17H35N3/c1-2-6-16(9-10-18)7-5-11-19-13-14-20-12-4-3-8-17(20)15-19/h16-17H,2-15,18H2,1H3. The average Bonchev–Trinajstić information content (AvgIpc) is 2.47. The molecule has 0 amide bonds. The molecule has 0 aromatic heterocycles. The Labute approximate surface area is 125 Å². The molecule has 20 heavy (non-hydrogen) atoms. The molecule has 2 aliphatic heterocycles. The number of hydrogen-bond donors (Lipinski definition) is 1. The van der Waals surface area contributed by atoms with E-state index in [1.807, 2.05) is 0 Å². The molecular formula is C17H35N3. The van der Waals surface area contributed by atoms with Crippen LogP contribution in [0.2, 0.25) is 0 Å². The molecule has 0 aromatic carbocycles. The number of nitrogens with zero attached hydrogens (tertiary/aromatic N) is 2. The lowest BCUT2D eigenvalue weighted by molar-refractivity contribution is 0.0480. The first-order valence-electron chi connectivity index (χ1n) is 9.00. The molecule has 118 valence electrons. The Hall–Kier alpha value is -0.120. The van der Waals surface area contributed by atoms with Crippen LogP contribution in [0.4, 0.5) is 0 Å². The fourth-order valence-corrected chi connectivity index (χ4v) is 4.10. The molecule has 2 atom stereocenters. The van der Waals surface area contributed by atoms with E-state index >= 15 is 0 Å². The summed E-state index contributed by atoms with van der Waals surface area (Å²) in [7, 11) is 0. The van der Waals surface area contributed by atoms with Crippen molar-refractivity contribution in [3.05, 3.63) is 0 Å². The van der Waals surface area contributed by atoms with Crippen LogP contribution in [-0.4, -0.2) is 55.1 Å². The van der Waals surface area contributed by atoms with Gasteiger partial charge in [0.05, 0.1) is 0 Å². The average molecular weight is 281 g/mol. The Morgan fingerprint density at radius 1 is 1.10 bits per heavy atom. The van der Waals surface area contributed by atoms with Crippen LogP contribution in [0, 0.1) is 5.92 Å². The van der Waals surface area contributed by atoms with Gasteiger partial charge in [-0.2, -0.15) is 0 Å². The molecule has 2 saturated heterocycles. The van der Waals surface area contributed by atoms with Gasteiger partial charge in [-0.1, -0.05) is 26.2 Å². The van der Waals surface area contributed by atoms with Gasteiger partial charge in [0.1, 0.15) is 0 Å². The van der Waals surface area contributed by atoms with Gasteiger partial charge in [-0.05, 0) is 57.7 Å². The zero-order valence-corrected chi connectivity index (χ0v) is 13.5. The van der Waals surface area contributed by atoms with Gasteiger partial charge in [0.25, 0.3) is 0 Å². The molecular weight excluding hydrogens is 246 g/mol. The zero-order valence-electron chi connectivity index (χ0n) is 13.5. The van der Waals surface area contributed by atoms with Crippen LogP contribution < -0.4 is 5.73 Å². The van der Waals surface area contributed by atoms with Crippen molar-refractivity contribution in [2.24, 2.45) is 11.7 Å². The first-order valence-corrected chi connectivity index (χ1v) is 9.00. The zero-order chi connectivity index (χ0) is 14.2. The van der Waals surface area contributed by atoms with E-state index in [9.17, 15) is 0 Å². The first-order chi connectivity index (χ1) is 9.83. The molecule has 2 unspecified atom stereocenters. The number of hydrogen-bond acceptors (Lipinski definition) is 3. The number of fused-ring (bicyclic) bond motifs is 1. The summed E-state index contributed by atoms with van der Waals surface area (Å²) in [5.41, 5.74) is 5.73. The summed E-state index contributed by atoms with van der Waals surface area (Å²) >= 11 is 0. The second-order valence-corrected chi connectivity index (χ2v) is 6.86. The van der Waals surface area contributed by atoms with Crippen LogP contribution in [0.25, 0.3) is 0 Å². The smallest absolute Gasteiger partial charge is 0.0223 e. The van der Waals surface area contributed by atoms with Crippen molar-refractivity contribution in [3.63, 3.8) is 0 Å². The maximum absolute atomic E-state index is 5.73. The van der Waals surface area contributed by atoms with Gasteiger partial charge in [0.2, 0.25) is 0 Å². The largest absolute Gasteiger partial charge is 0.330 e. The topological polar surface area (TPSA) is 32.5 Å². The Balaban J connectivity index is 1.63. The fourth-order valence-electron chi connectivity index (χ4n) is 4.10. The second kappa shape index (κ2) is 9.01. The Kier molecular flexibility index (Phi) is 7.32. The predicted octanol–water partition coefficient (Wildman–Crippen LogP) is 2.70. The van der Waals surface area contributed by atoms with E-state index in [2.05, 4.69) is 16.7 Å². The van der Waals surface area contributed by atoms with Crippen molar-refractivity contribution in [2.45, 2.75) is 64.3 Å². The van der Waals surface area contributed by atoms with E-state index in [4.69, 9.17) is 5.73 Å². The highest BCUT2D eigenvalue weighted by atomic mass is 15.3. The van der Waals surface area contributed by atoms with E-state index in [1.54, 1.807) is 0 Å². The van der Waals surface area contributed by atoms with Crippen LogP contribution in [0.3, 0.4) is 0 Å². The highest BCUT2D eigenvalue weighted by Crippen LogP contribution is 2.22. The summed E-state index contributed by atoms with van der Waals surface area (Å²) < 4.78 is 0. The summed E-state index contributed by atoms with van der Waals surface area (Å²) in [4.78, 5) is 5.45. The third kappa shape index (κ3) is 5.01. The molecule has 2 heterocycles. The normalized spacial score (nSPS) is 26.4. The summed E-state index contributed by atoms with van der Waals surface area (Å²) in [6.45, 7) is 9.77. The Morgan fingerprint density at radius 2 is 2.00 bits per heavy atom. The highest BCUT2D eigenvalue weighted by Gasteiger charge is 2.28. The van der Waals surface area contributed by atoms with Crippen molar-refractivity contribution < 1.29 is 0 Å². The molecule has 0 aromatic rings. The minimum atomic E-state index is 0.866. The van der Waals surface area contributed by atoms with Crippen molar-refractivity contribution in [1.82, 2.24) is 9.80 Å². The van der Waals surface area contributed by atoms with E-state index in [0.717, 1.165) is 18.5 Å². The van der Waals surface area contributed by atoms with Crippen LogP contribution in [0.5, 0.6) is 0 Å². The van der Waals surface area contributed by atoms with E-state index in [-0.39, 0.29) is 0 Å². The molecule has 0 saturated carbocycles. The molecule has 2 aliphatic rings. The van der Waals surface area contributed by atoms with Crippen molar-refractivity contribution in [2.75, 3.05) is 39.3 Å². The molecule has 0 aliphatic carbocycles. The fraction of sp³-hybridized carbons (Fsp3) is 1.00. The van der Waals surface area contributed by atoms with Crippen molar-refractivity contribution >= 4 is 0 Å². The molecule has 3 heteroatoms. The lowest BCUT2D eigenvalue weighted by Gasteiger charge is -2.44. The third-order valence-electron chi connectivity index (χ3n) is 5.28. The lowest BCUT2D eigenvalue weighted by Crippen LogP contribution is -2.54. The molecule has 2 N–H and O–H groups in total. The molecule has 0 bridgehead atoms. The number of nitrogens with two attached hydrogens (primary N) is 1. The lowest BCUT2D eigenvalue weighted by atomic mass is 9.94. The van der Waals surface area contributed by atoms with Gasteiger partial charge < -0.3 is 10.6 Å². The first kappa shape index (κ1) is 16.3. The van der Waals surface area contributed by atoms with Crippen LogP contribution >= 0.6 is 0 Å². The minimum absolute atomic E-state index is 0.866. The Bertz CT molecular complexity index is 251. The maximum atomic E-state index is 5.73. The van der Waals surface area contributed by atoms with Crippen LogP contribution in [-0.2, 0) is 0 Å². The van der Waals surface area contributed by atoms with Gasteiger partial charge in [-0.15, -0.1) is 0 Å². The summed E-state index contributed by atoms with van der Waals surface area (Å²) in [6.07, 6.45) is 11.0. The van der Waals surface area contributed by atoms with Gasteiger partial charge in [-0.3, -0.25) is 4.90 Å². The molecule has 2 rings (SSSR count). The Morgan fingerprint density at radius 3 is 2.80 bits per heavy atom. The van der Waals surface area contributed by atoms with Crippen molar-refractivity contribution in [3.8, 4) is 0 Å². The van der Waals surface area contributed by atoms with Crippen LogP contribution in [0.1, 0.15) is 58.3 Å². The summed E-state index contributed by atoms with van der Waals surface area (Å²) in [6, 6.07) is 0.869. The molecule has 0 radical (unpaired) electrons. The molecule has 2 fully saturated rings. The number of rotatable bonds is 8. The van der Waals surface area contributed by atoms with E-state index in [1.165, 1.54) is 84.1 Å². The van der Waals surface area contributed by atoms with Gasteiger partial charge in [-0.25, -0.2) is 0 Å². The van der Waals surface area contributed by atoms with E-state index < -0.39 is 0 Å². The quantitative estimate of drug-likeness (QED) is 0.742. The SMILES string of the molecule is CCCC(CCN)CCCN1CCN2CCCCC2C1. The monoisotopic (exact) mass is 281 g/mol. The van der Waals surface area contributed by atoms with Gasteiger partial charge in [0.15, 0.2) is 0 Å². The van der Waals surface area contributed by atoms with Crippen molar-refractivity contribution in [1.29, 1.82) is 0 Å². The predicted molar refractivity (Wildman–Crippen MR) is 87.0 cm³/mol. The van der Waals surface area contributed by atoms with Gasteiger partial charge in [0, 0.05) is 25.7 Å². The van der Waals surface area contributed by atoms with E-state index in [0.29, 0.717) is 0 Å². The summed E-state index contributed by atoms with van der Waals surface area (Å²) in [5.74, 6) is 0.876. The minimum Gasteiger partial charge on any atom is -0.330 e. The number of piperazine rings is 1. The van der Waals surface area contributed by atoms with Crippen LogP contribution in [0.15, 0.2) is 0 Å². The molecule has 3 nitrogen and oxygen atoms in total. The summed E-state index contributed by atoms with van der Waals surface area (Å²) in [5, 5.41) is 0. The highest BCUT2D eigenvalue weighted by molar-refractivity contribution is 4.85. The maximum Gasteiger partial charge on any atom is 0.0223 e.